The predicted molar refractivity (Wildman–Crippen MR) is 110 cm³/mol. The van der Waals surface area contributed by atoms with Gasteiger partial charge in [-0.05, 0) is 24.5 Å². The number of hydrogen-bond donors (Lipinski definition) is 2. The van der Waals surface area contributed by atoms with Crippen molar-refractivity contribution in [2.24, 2.45) is 5.92 Å². The minimum absolute atomic E-state index is 0.147. The number of nitrogens with zero attached hydrogens (tertiary/aromatic N) is 3. The summed E-state index contributed by atoms with van der Waals surface area (Å²) in [5, 5.41) is 5.74. The van der Waals surface area contributed by atoms with Crippen molar-refractivity contribution < 1.29 is 9.59 Å². The summed E-state index contributed by atoms with van der Waals surface area (Å²) >= 11 is 0. The number of carbonyl (C=O) groups excluding carboxylic acids is 2. The normalized spacial score (nSPS) is 11.8. The molecule has 0 radical (unpaired) electrons. The Hall–Kier alpha value is -2.96. The van der Waals surface area contributed by atoms with E-state index in [1.807, 2.05) is 76.2 Å². The molecule has 7 heteroatoms. The van der Waals surface area contributed by atoms with Crippen LogP contribution in [0, 0.1) is 12.8 Å². The number of rotatable bonds is 8. The third kappa shape index (κ3) is 6.33. The van der Waals surface area contributed by atoms with Gasteiger partial charge in [0.1, 0.15) is 6.04 Å². The third-order valence-corrected chi connectivity index (χ3v) is 4.03. The highest BCUT2D eigenvalue weighted by molar-refractivity contribution is 5.88. The molecule has 28 heavy (non-hydrogen) atoms. The molecule has 0 aliphatic rings. The van der Waals surface area contributed by atoms with Crippen LogP contribution >= 0.6 is 0 Å². The average molecular weight is 383 g/mol. The zero-order valence-electron chi connectivity index (χ0n) is 17.2. The van der Waals surface area contributed by atoms with Gasteiger partial charge in [0, 0.05) is 26.2 Å². The van der Waals surface area contributed by atoms with Crippen LogP contribution in [-0.4, -0.2) is 35.9 Å². The average Bonchev–Trinajstić information content (AvgIpc) is 2.64. The van der Waals surface area contributed by atoms with Crippen LogP contribution in [0.4, 0.5) is 5.95 Å². The second kappa shape index (κ2) is 9.82. The van der Waals surface area contributed by atoms with Crippen molar-refractivity contribution >= 4 is 17.8 Å². The largest absolute Gasteiger partial charge is 0.348 e. The Morgan fingerprint density at radius 3 is 2.39 bits per heavy atom. The summed E-state index contributed by atoms with van der Waals surface area (Å²) in [5.41, 5.74) is 2.28. The van der Waals surface area contributed by atoms with E-state index in [2.05, 4.69) is 20.6 Å². The van der Waals surface area contributed by atoms with Crippen LogP contribution in [0.15, 0.2) is 36.4 Å². The number of carbonyl (C=O) groups is 2. The van der Waals surface area contributed by atoms with E-state index >= 15 is 0 Å². The van der Waals surface area contributed by atoms with Crippen molar-refractivity contribution in [3.8, 4) is 0 Å². The number of anilines is 1. The lowest BCUT2D eigenvalue weighted by Gasteiger charge is -2.20. The summed E-state index contributed by atoms with van der Waals surface area (Å²) < 4.78 is 0. The van der Waals surface area contributed by atoms with Gasteiger partial charge in [-0.25, -0.2) is 9.97 Å². The number of aryl methyl sites for hydroxylation is 1. The van der Waals surface area contributed by atoms with Crippen molar-refractivity contribution in [1.29, 1.82) is 0 Å². The molecule has 2 N–H and O–H groups in total. The molecule has 1 aromatic carbocycles. The summed E-state index contributed by atoms with van der Waals surface area (Å²) in [4.78, 5) is 35.7. The molecule has 0 saturated heterocycles. The molecule has 0 saturated carbocycles. The molecular weight excluding hydrogens is 354 g/mol. The Kier molecular flexibility index (Phi) is 7.49. The lowest BCUT2D eigenvalue weighted by Crippen LogP contribution is -2.40. The molecule has 0 fully saturated rings. The van der Waals surface area contributed by atoms with Crippen molar-refractivity contribution in [3.63, 3.8) is 0 Å². The Labute approximate surface area is 166 Å². The lowest BCUT2D eigenvalue weighted by atomic mass is 10.0. The fraction of sp³-hybridized carbons (Fsp3) is 0.429. The zero-order valence-corrected chi connectivity index (χ0v) is 17.2. The Morgan fingerprint density at radius 2 is 1.79 bits per heavy atom. The monoisotopic (exact) mass is 383 g/mol. The maximum atomic E-state index is 12.9. The Bertz CT molecular complexity index is 806. The van der Waals surface area contributed by atoms with Gasteiger partial charge in [-0.3, -0.25) is 9.59 Å². The second-order valence-corrected chi connectivity index (χ2v) is 7.42. The van der Waals surface area contributed by atoms with Gasteiger partial charge in [0.05, 0.1) is 12.2 Å². The van der Waals surface area contributed by atoms with E-state index in [9.17, 15) is 9.59 Å². The van der Waals surface area contributed by atoms with Crippen molar-refractivity contribution in [1.82, 2.24) is 20.6 Å². The molecule has 2 rings (SSSR count). The summed E-state index contributed by atoms with van der Waals surface area (Å²) in [6.45, 7) is 6.08. The van der Waals surface area contributed by atoms with Crippen molar-refractivity contribution in [3.05, 3.63) is 53.3 Å². The van der Waals surface area contributed by atoms with Gasteiger partial charge in [-0.2, -0.15) is 0 Å². The van der Waals surface area contributed by atoms with Crippen LogP contribution in [0.3, 0.4) is 0 Å². The van der Waals surface area contributed by atoms with Gasteiger partial charge in [-0.15, -0.1) is 0 Å². The maximum absolute atomic E-state index is 12.9. The summed E-state index contributed by atoms with van der Waals surface area (Å²) in [7, 11) is 3.74. The number of nitrogens with one attached hydrogen (secondary N) is 2. The Morgan fingerprint density at radius 1 is 1.11 bits per heavy atom. The highest BCUT2D eigenvalue weighted by atomic mass is 16.2. The molecule has 1 atom stereocenters. The van der Waals surface area contributed by atoms with Crippen molar-refractivity contribution in [2.75, 3.05) is 19.0 Å². The summed E-state index contributed by atoms with van der Waals surface area (Å²) in [6.07, 6.45) is 0.369. The molecular formula is C21H29N5O2. The van der Waals surface area contributed by atoms with Gasteiger partial charge in [-0.1, -0.05) is 44.2 Å². The molecule has 7 nitrogen and oxygen atoms in total. The van der Waals surface area contributed by atoms with E-state index in [0.717, 1.165) is 11.3 Å². The lowest BCUT2D eigenvalue weighted by molar-refractivity contribution is -0.129. The fourth-order valence-electron chi connectivity index (χ4n) is 2.72. The molecule has 0 aliphatic carbocycles. The van der Waals surface area contributed by atoms with Crippen LogP contribution in [-0.2, 0) is 16.1 Å². The molecule has 0 aliphatic heterocycles. The minimum atomic E-state index is -0.747. The van der Waals surface area contributed by atoms with E-state index in [1.54, 1.807) is 0 Å². The van der Waals surface area contributed by atoms with Crippen LogP contribution in [0.2, 0.25) is 0 Å². The van der Waals surface area contributed by atoms with Crippen molar-refractivity contribution in [2.45, 2.75) is 39.8 Å². The first-order valence-corrected chi connectivity index (χ1v) is 9.40. The van der Waals surface area contributed by atoms with Crippen LogP contribution in [0.5, 0.6) is 0 Å². The number of aromatic nitrogens is 2. The molecule has 1 heterocycles. The van der Waals surface area contributed by atoms with Crippen LogP contribution < -0.4 is 15.5 Å². The summed E-state index contributed by atoms with van der Waals surface area (Å²) in [6, 6.07) is 10.3. The Balaban J connectivity index is 2.13. The van der Waals surface area contributed by atoms with E-state index in [0.29, 0.717) is 18.1 Å². The minimum Gasteiger partial charge on any atom is -0.348 e. The van der Waals surface area contributed by atoms with Gasteiger partial charge >= 0.3 is 0 Å². The quantitative estimate of drug-likeness (QED) is 0.731. The second-order valence-electron chi connectivity index (χ2n) is 7.42. The predicted octanol–water partition coefficient (Wildman–Crippen LogP) is 2.37. The van der Waals surface area contributed by atoms with Gasteiger partial charge in [0.25, 0.3) is 0 Å². The molecule has 2 aromatic rings. The van der Waals surface area contributed by atoms with E-state index < -0.39 is 6.04 Å². The standard InChI is InChI=1S/C21H29N5O2/c1-14(2)11-18(27)25-19(16-9-7-6-8-10-16)20(28)22-13-17-12-15(3)23-21(24-17)26(4)5/h6-10,12,14,19H,11,13H2,1-5H3,(H,22,28)(H,25,27). The SMILES string of the molecule is Cc1cc(CNC(=O)C(NC(=O)CC(C)C)c2ccccc2)nc(N(C)C)n1. The zero-order chi connectivity index (χ0) is 20.7. The highest BCUT2D eigenvalue weighted by Crippen LogP contribution is 2.15. The number of hydrogen-bond acceptors (Lipinski definition) is 5. The number of amides is 2. The van der Waals surface area contributed by atoms with Gasteiger partial charge in [0.15, 0.2) is 0 Å². The fourth-order valence-corrected chi connectivity index (χ4v) is 2.72. The van der Waals surface area contributed by atoms with Crippen LogP contribution in [0.25, 0.3) is 0 Å². The summed E-state index contributed by atoms with van der Waals surface area (Å²) in [5.74, 6) is 0.389. The topological polar surface area (TPSA) is 87.2 Å². The van der Waals surface area contributed by atoms with E-state index in [1.165, 1.54) is 0 Å². The van der Waals surface area contributed by atoms with Crippen LogP contribution in [0.1, 0.15) is 43.3 Å². The van der Waals surface area contributed by atoms with Gasteiger partial charge in [0.2, 0.25) is 17.8 Å². The smallest absolute Gasteiger partial charge is 0.247 e. The number of benzene rings is 1. The first-order chi connectivity index (χ1) is 13.3. The molecule has 1 aromatic heterocycles. The first kappa shape index (κ1) is 21.3. The third-order valence-electron chi connectivity index (χ3n) is 4.03. The first-order valence-electron chi connectivity index (χ1n) is 9.40. The van der Waals surface area contributed by atoms with E-state index in [-0.39, 0.29) is 24.3 Å². The van der Waals surface area contributed by atoms with E-state index in [4.69, 9.17) is 0 Å². The molecule has 0 spiro atoms. The molecule has 0 bridgehead atoms. The van der Waals surface area contributed by atoms with Gasteiger partial charge < -0.3 is 15.5 Å². The molecule has 150 valence electrons. The highest BCUT2D eigenvalue weighted by Gasteiger charge is 2.23. The maximum Gasteiger partial charge on any atom is 0.247 e. The molecule has 1 unspecified atom stereocenters. The molecule has 2 amide bonds.